The van der Waals surface area contributed by atoms with Crippen LogP contribution in [0.1, 0.15) is 34.5 Å². The number of furan rings is 1. The van der Waals surface area contributed by atoms with E-state index in [0.29, 0.717) is 23.4 Å². The van der Waals surface area contributed by atoms with Crippen molar-refractivity contribution in [2.45, 2.75) is 38.4 Å². The molecule has 2 atom stereocenters. The minimum absolute atomic E-state index is 0.118. The van der Waals surface area contributed by atoms with Gasteiger partial charge in [0.05, 0.1) is 11.8 Å². The average Bonchev–Trinajstić information content (AvgIpc) is 3.25. The van der Waals surface area contributed by atoms with Gasteiger partial charge in [-0.3, -0.25) is 14.7 Å². The fourth-order valence-electron chi connectivity index (χ4n) is 4.01. The molecular weight excluding hydrogens is 290 g/mol. The van der Waals surface area contributed by atoms with E-state index < -0.39 is 0 Å². The molecule has 5 heteroatoms. The summed E-state index contributed by atoms with van der Waals surface area (Å²) in [7, 11) is 0. The molecule has 0 saturated carbocycles. The van der Waals surface area contributed by atoms with Crippen molar-refractivity contribution in [2.75, 3.05) is 13.1 Å². The number of hydrogen-bond acceptors (Lipinski definition) is 4. The molecular formula is C18H21N3O2. The Morgan fingerprint density at radius 1 is 1.30 bits per heavy atom. The van der Waals surface area contributed by atoms with Crippen LogP contribution < -0.4 is 0 Å². The first kappa shape index (κ1) is 14.5. The first-order valence-corrected chi connectivity index (χ1v) is 8.22. The predicted octanol–water partition coefficient (Wildman–Crippen LogP) is 2.47. The molecule has 1 amide bonds. The molecule has 0 aromatic carbocycles. The molecule has 2 aliphatic heterocycles. The zero-order valence-electron chi connectivity index (χ0n) is 13.3. The van der Waals surface area contributed by atoms with Gasteiger partial charge in [0.15, 0.2) is 0 Å². The first-order valence-electron chi connectivity index (χ1n) is 8.22. The van der Waals surface area contributed by atoms with Gasteiger partial charge in [-0.2, -0.15) is 0 Å². The Morgan fingerprint density at radius 3 is 2.91 bits per heavy atom. The van der Waals surface area contributed by atoms with Gasteiger partial charge in [-0.15, -0.1) is 0 Å². The number of carbonyl (C=O) groups is 1. The van der Waals surface area contributed by atoms with Crippen LogP contribution in [0.2, 0.25) is 0 Å². The molecule has 120 valence electrons. The van der Waals surface area contributed by atoms with Crippen molar-refractivity contribution < 1.29 is 9.21 Å². The smallest absolute Gasteiger partial charge is 0.257 e. The molecule has 23 heavy (non-hydrogen) atoms. The highest BCUT2D eigenvalue weighted by atomic mass is 16.3. The summed E-state index contributed by atoms with van der Waals surface area (Å²) in [6.07, 6.45) is 7.43. The van der Waals surface area contributed by atoms with Crippen LogP contribution in [0.3, 0.4) is 0 Å². The van der Waals surface area contributed by atoms with E-state index in [4.69, 9.17) is 4.42 Å². The molecule has 5 nitrogen and oxygen atoms in total. The van der Waals surface area contributed by atoms with E-state index in [0.717, 1.165) is 32.5 Å². The number of aromatic nitrogens is 1. The second kappa shape index (κ2) is 5.81. The van der Waals surface area contributed by atoms with Crippen molar-refractivity contribution in [1.82, 2.24) is 14.8 Å². The summed E-state index contributed by atoms with van der Waals surface area (Å²) in [6.45, 7) is 4.65. The summed E-state index contributed by atoms with van der Waals surface area (Å²) >= 11 is 0. The summed E-state index contributed by atoms with van der Waals surface area (Å²) in [5, 5.41) is 0. The lowest BCUT2D eigenvalue weighted by Gasteiger charge is -2.25. The van der Waals surface area contributed by atoms with Crippen LogP contribution in [0.5, 0.6) is 0 Å². The Kier molecular flexibility index (Phi) is 3.65. The minimum Gasteiger partial charge on any atom is -0.469 e. The van der Waals surface area contributed by atoms with Gasteiger partial charge < -0.3 is 9.32 Å². The van der Waals surface area contributed by atoms with Crippen molar-refractivity contribution >= 4 is 5.91 Å². The summed E-state index contributed by atoms with van der Waals surface area (Å²) in [6, 6.07) is 6.68. The van der Waals surface area contributed by atoms with Gasteiger partial charge in [0.2, 0.25) is 0 Å². The van der Waals surface area contributed by atoms with Crippen molar-refractivity contribution in [2.24, 2.45) is 0 Å². The minimum atomic E-state index is 0.118. The Balaban J connectivity index is 1.48. The van der Waals surface area contributed by atoms with E-state index in [2.05, 4.69) is 16.0 Å². The first-order chi connectivity index (χ1) is 11.2. The van der Waals surface area contributed by atoms with Crippen LogP contribution in [0, 0.1) is 6.92 Å². The molecule has 2 fully saturated rings. The average molecular weight is 311 g/mol. The number of fused-ring (bicyclic) bond motifs is 1. The number of aryl methyl sites for hydroxylation is 1. The summed E-state index contributed by atoms with van der Waals surface area (Å²) < 4.78 is 5.29. The fourth-order valence-corrected chi connectivity index (χ4v) is 4.01. The Morgan fingerprint density at radius 2 is 2.17 bits per heavy atom. The summed E-state index contributed by atoms with van der Waals surface area (Å²) in [4.78, 5) is 21.5. The lowest BCUT2D eigenvalue weighted by Crippen LogP contribution is -2.39. The lowest BCUT2D eigenvalue weighted by atomic mass is 10.1. The Labute approximate surface area is 135 Å². The van der Waals surface area contributed by atoms with Gasteiger partial charge >= 0.3 is 0 Å². The number of carbonyl (C=O) groups excluding carboxylic acids is 1. The van der Waals surface area contributed by atoms with Crippen LogP contribution >= 0.6 is 0 Å². The molecule has 0 N–H and O–H groups in total. The maximum absolute atomic E-state index is 12.8. The second-order valence-electron chi connectivity index (χ2n) is 6.43. The van der Waals surface area contributed by atoms with E-state index >= 15 is 0 Å². The molecule has 0 bridgehead atoms. The number of pyridine rings is 1. The largest absolute Gasteiger partial charge is 0.469 e. The molecule has 2 aromatic heterocycles. The normalized spacial score (nSPS) is 24.1. The third kappa shape index (κ3) is 2.55. The third-order valence-electron chi connectivity index (χ3n) is 5.15. The number of rotatable bonds is 3. The van der Waals surface area contributed by atoms with Gasteiger partial charge in [0.25, 0.3) is 5.91 Å². The summed E-state index contributed by atoms with van der Waals surface area (Å²) in [5.41, 5.74) is 1.94. The third-order valence-corrected chi connectivity index (χ3v) is 5.15. The predicted molar refractivity (Wildman–Crippen MR) is 85.9 cm³/mol. The van der Waals surface area contributed by atoms with E-state index in [1.165, 1.54) is 5.56 Å². The molecule has 0 aliphatic carbocycles. The van der Waals surface area contributed by atoms with Crippen molar-refractivity contribution in [1.29, 1.82) is 0 Å². The van der Waals surface area contributed by atoms with Gasteiger partial charge in [-0.1, -0.05) is 6.07 Å². The second-order valence-corrected chi connectivity index (χ2v) is 6.43. The van der Waals surface area contributed by atoms with Crippen molar-refractivity contribution in [3.8, 4) is 0 Å². The standard InChI is InChI=1S/C18H21N3O2/c1-13-15(6-10-23-13)18(22)21-9-5-16-17(21)4-8-20(16)12-14-3-2-7-19-11-14/h2-3,6-7,10-11,16-17H,4-5,8-9,12H2,1H3/t16-,17+/m1/s1. The van der Waals surface area contributed by atoms with E-state index in [1.54, 1.807) is 18.5 Å². The summed E-state index contributed by atoms with van der Waals surface area (Å²) in [5.74, 6) is 0.829. The Hall–Kier alpha value is -2.14. The topological polar surface area (TPSA) is 49.6 Å². The van der Waals surface area contributed by atoms with Gasteiger partial charge in [-0.25, -0.2) is 0 Å². The SMILES string of the molecule is Cc1occc1C(=O)N1CC[C@@H]2[C@@H]1CCN2Cc1cccnc1. The molecule has 2 aromatic rings. The molecule has 4 heterocycles. The zero-order chi connectivity index (χ0) is 15.8. The van der Waals surface area contributed by atoms with Crippen molar-refractivity contribution in [3.05, 3.63) is 53.7 Å². The van der Waals surface area contributed by atoms with Crippen LogP contribution in [0.15, 0.2) is 41.3 Å². The number of amides is 1. The van der Waals surface area contributed by atoms with Crippen LogP contribution in [0.4, 0.5) is 0 Å². The molecule has 2 saturated heterocycles. The molecule has 0 radical (unpaired) electrons. The Bertz CT molecular complexity index is 697. The molecule has 4 rings (SSSR count). The highest BCUT2D eigenvalue weighted by molar-refractivity contribution is 5.95. The molecule has 0 spiro atoms. The number of likely N-dealkylation sites (tertiary alicyclic amines) is 2. The van der Waals surface area contributed by atoms with E-state index in [1.807, 2.05) is 24.1 Å². The maximum atomic E-state index is 12.8. The van der Waals surface area contributed by atoms with Gasteiger partial charge in [0, 0.05) is 44.1 Å². The number of hydrogen-bond donors (Lipinski definition) is 0. The van der Waals surface area contributed by atoms with Gasteiger partial charge in [-0.05, 0) is 37.5 Å². The van der Waals surface area contributed by atoms with E-state index in [-0.39, 0.29) is 5.91 Å². The monoisotopic (exact) mass is 311 g/mol. The maximum Gasteiger partial charge on any atom is 0.257 e. The van der Waals surface area contributed by atoms with Crippen molar-refractivity contribution in [3.63, 3.8) is 0 Å². The highest BCUT2D eigenvalue weighted by Crippen LogP contribution is 2.33. The van der Waals surface area contributed by atoms with Gasteiger partial charge in [0.1, 0.15) is 5.76 Å². The van der Waals surface area contributed by atoms with Crippen LogP contribution in [0.25, 0.3) is 0 Å². The molecule has 0 unspecified atom stereocenters. The lowest BCUT2D eigenvalue weighted by molar-refractivity contribution is 0.0730. The fraction of sp³-hybridized carbons (Fsp3) is 0.444. The zero-order valence-corrected chi connectivity index (χ0v) is 13.3. The molecule has 2 aliphatic rings. The van der Waals surface area contributed by atoms with Crippen LogP contribution in [-0.4, -0.2) is 45.9 Å². The van der Waals surface area contributed by atoms with E-state index in [9.17, 15) is 4.79 Å². The quantitative estimate of drug-likeness (QED) is 0.874. The van der Waals surface area contributed by atoms with Crippen LogP contribution in [-0.2, 0) is 6.54 Å². The highest BCUT2D eigenvalue weighted by Gasteiger charge is 2.44. The number of nitrogens with zero attached hydrogens (tertiary/aromatic N) is 3.